The van der Waals surface area contributed by atoms with Crippen LogP contribution in [0.25, 0.3) is 10.9 Å². The molecule has 33 heavy (non-hydrogen) atoms. The van der Waals surface area contributed by atoms with Crippen molar-refractivity contribution in [2.45, 2.75) is 51.6 Å². The van der Waals surface area contributed by atoms with E-state index in [-0.39, 0.29) is 11.9 Å². The van der Waals surface area contributed by atoms with Gasteiger partial charge in [0, 0.05) is 55.3 Å². The van der Waals surface area contributed by atoms with Gasteiger partial charge in [-0.2, -0.15) is 5.10 Å². The number of carbonyl (C=O) groups excluding carboxylic acids is 1. The summed E-state index contributed by atoms with van der Waals surface area (Å²) in [4.78, 5) is 26.2. The molecule has 8 nitrogen and oxygen atoms in total. The van der Waals surface area contributed by atoms with E-state index in [2.05, 4.69) is 37.8 Å². The zero-order valence-electron chi connectivity index (χ0n) is 19.2. The summed E-state index contributed by atoms with van der Waals surface area (Å²) in [5.74, 6) is 1.89. The summed E-state index contributed by atoms with van der Waals surface area (Å²) < 4.78 is 1.79. The van der Waals surface area contributed by atoms with Crippen molar-refractivity contribution < 1.29 is 4.79 Å². The molecular weight excluding hydrogens is 414 g/mol. The summed E-state index contributed by atoms with van der Waals surface area (Å²) in [7, 11) is 1.86. The molecule has 1 aromatic carbocycles. The van der Waals surface area contributed by atoms with E-state index in [1.807, 2.05) is 51.5 Å². The molecule has 1 fully saturated rings. The van der Waals surface area contributed by atoms with Crippen LogP contribution < -0.4 is 10.6 Å². The molecule has 8 heteroatoms. The summed E-state index contributed by atoms with van der Waals surface area (Å²) in [6.07, 6.45) is 6.66. The summed E-state index contributed by atoms with van der Waals surface area (Å²) >= 11 is 0. The Kier molecular flexibility index (Phi) is 5.58. The quantitative estimate of drug-likeness (QED) is 0.380. The van der Waals surface area contributed by atoms with E-state index in [1.54, 1.807) is 4.68 Å². The number of rotatable bonds is 8. The van der Waals surface area contributed by atoms with Crippen molar-refractivity contribution in [1.82, 2.24) is 30.0 Å². The van der Waals surface area contributed by atoms with Crippen LogP contribution in [0.5, 0.6) is 0 Å². The fourth-order valence-electron chi connectivity index (χ4n) is 4.20. The van der Waals surface area contributed by atoms with Gasteiger partial charge < -0.3 is 15.6 Å². The highest BCUT2D eigenvalue weighted by atomic mass is 16.1. The lowest BCUT2D eigenvalue weighted by Gasteiger charge is -2.20. The monoisotopic (exact) mass is 443 g/mol. The molecule has 4 aromatic rings. The van der Waals surface area contributed by atoms with Crippen molar-refractivity contribution in [1.29, 1.82) is 0 Å². The van der Waals surface area contributed by atoms with E-state index in [4.69, 9.17) is 4.98 Å². The Morgan fingerprint density at radius 3 is 2.82 bits per heavy atom. The van der Waals surface area contributed by atoms with Crippen molar-refractivity contribution in [2.75, 3.05) is 12.4 Å². The van der Waals surface area contributed by atoms with E-state index >= 15 is 0 Å². The maximum atomic E-state index is 13.3. The minimum Gasteiger partial charge on any atom is -0.373 e. The fraction of sp³-hybridized carbons (Fsp3) is 0.360. The van der Waals surface area contributed by atoms with Crippen LogP contribution >= 0.6 is 0 Å². The molecule has 1 aliphatic rings. The minimum atomic E-state index is -0.311. The van der Waals surface area contributed by atoms with Gasteiger partial charge >= 0.3 is 0 Å². The van der Waals surface area contributed by atoms with Gasteiger partial charge in [-0.3, -0.25) is 9.48 Å². The maximum Gasteiger partial charge on any atom is 0.255 e. The highest BCUT2D eigenvalue weighted by Crippen LogP contribution is 2.39. The van der Waals surface area contributed by atoms with Gasteiger partial charge in [-0.15, -0.1) is 0 Å². The van der Waals surface area contributed by atoms with Gasteiger partial charge in [-0.1, -0.05) is 18.2 Å². The molecule has 0 aliphatic heterocycles. The second kappa shape index (κ2) is 8.69. The van der Waals surface area contributed by atoms with Gasteiger partial charge in [0.15, 0.2) is 0 Å². The van der Waals surface area contributed by atoms with Crippen LogP contribution in [-0.4, -0.2) is 37.7 Å². The standard InChI is InChI=1S/C25H29N7O/c1-4-32-14-19(15(2)31-32)25(33)29-21(11-17-13-27-20-8-6-5-7-18(17)20)22-12-23(26-3)30-24(28-22)16-9-10-16/h5-8,12-14,16,21,27H,4,9-11H2,1-3H3,(H,29,33)(H,26,28,30)/t21-/m1/s1. The zero-order valence-corrected chi connectivity index (χ0v) is 19.2. The molecule has 1 atom stereocenters. The van der Waals surface area contributed by atoms with Crippen LogP contribution in [0.15, 0.2) is 42.7 Å². The average molecular weight is 444 g/mol. The van der Waals surface area contributed by atoms with Gasteiger partial charge in [0.2, 0.25) is 0 Å². The molecule has 0 radical (unpaired) electrons. The number of anilines is 1. The van der Waals surface area contributed by atoms with Gasteiger partial charge in [0.1, 0.15) is 11.6 Å². The second-order valence-corrected chi connectivity index (χ2v) is 8.63. The Morgan fingerprint density at radius 2 is 2.09 bits per heavy atom. The van der Waals surface area contributed by atoms with Crippen LogP contribution in [0.1, 0.15) is 64.9 Å². The number of amides is 1. The average Bonchev–Trinajstić information content (AvgIpc) is 3.51. The summed E-state index contributed by atoms with van der Waals surface area (Å²) in [6, 6.07) is 9.84. The van der Waals surface area contributed by atoms with E-state index in [9.17, 15) is 4.79 Å². The number of nitrogens with one attached hydrogen (secondary N) is 3. The Hall–Kier alpha value is -3.68. The Labute approximate surface area is 192 Å². The van der Waals surface area contributed by atoms with Crippen LogP contribution in [-0.2, 0) is 13.0 Å². The predicted molar refractivity (Wildman–Crippen MR) is 128 cm³/mol. The number of para-hydroxylation sites is 1. The Morgan fingerprint density at radius 1 is 1.27 bits per heavy atom. The Bertz CT molecular complexity index is 1300. The van der Waals surface area contributed by atoms with Crippen LogP contribution in [0.3, 0.4) is 0 Å². The summed E-state index contributed by atoms with van der Waals surface area (Å²) in [5.41, 5.74) is 4.34. The Balaban J connectivity index is 1.52. The lowest BCUT2D eigenvalue weighted by atomic mass is 10.0. The lowest BCUT2D eigenvalue weighted by Crippen LogP contribution is -2.31. The first-order valence-electron chi connectivity index (χ1n) is 11.5. The highest BCUT2D eigenvalue weighted by molar-refractivity contribution is 5.95. The summed E-state index contributed by atoms with van der Waals surface area (Å²) in [5, 5.41) is 12.0. The van der Waals surface area contributed by atoms with Crippen LogP contribution in [0.4, 0.5) is 5.82 Å². The van der Waals surface area contributed by atoms with E-state index < -0.39 is 0 Å². The molecular formula is C25H29N7O. The predicted octanol–water partition coefficient (Wildman–Crippen LogP) is 4.12. The SMILES string of the molecule is CCn1cc(C(=O)N[C@H](Cc2c[nH]c3ccccc23)c2cc(NC)nc(C3CC3)n2)c(C)n1. The van der Waals surface area contributed by atoms with E-state index in [0.29, 0.717) is 17.9 Å². The maximum absolute atomic E-state index is 13.3. The smallest absolute Gasteiger partial charge is 0.255 e. The number of benzene rings is 1. The third kappa shape index (κ3) is 4.33. The first-order chi connectivity index (χ1) is 16.1. The highest BCUT2D eigenvalue weighted by Gasteiger charge is 2.29. The fourth-order valence-corrected chi connectivity index (χ4v) is 4.20. The molecule has 0 saturated heterocycles. The number of carbonyl (C=O) groups is 1. The van der Waals surface area contributed by atoms with E-state index in [1.165, 1.54) is 0 Å². The van der Waals surface area contributed by atoms with Gasteiger partial charge in [-0.25, -0.2) is 9.97 Å². The minimum absolute atomic E-state index is 0.144. The molecule has 3 N–H and O–H groups in total. The molecule has 1 saturated carbocycles. The van der Waals surface area contributed by atoms with Crippen molar-refractivity contribution in [3.05, 3.63) is 71.1 Å². The van der Waals surface area contributed by atoms with Crippen LogP contribution in [0.2, 0.25) is 0 Å². The van der Waals surface area contributed by atoms with Crippen molar-refractivity contribution >= 4 is 22.6 Å². The molecule has 0 bridgehead atoms. The number of aromatic nitrogens is 5. The van der Waals surface area contributed by atoms with Crippen molar-refractivity contribution in [3.63, 3.8) is 0 Å². The van der Waals surface area contributed by atoms with Crippen LogP contribution in [0, 0.1) is 6.92 Å². The molecule has 1 amide bonds. The first kappa shape index (κ1) is 21.2. The van der Waals surface area contributed by atoms with Crippen molar-refractivity contribution in [3.8, 4) is 0 Å². The van der Waals surface area contributed by atoms with Crippen molar-refractivity contribution in [2.24, 2.45) is 0 Å². The topological polar surface area (TPSA) is 101 Å². The summed E-state index contributed by atoms with van der Waals surface area (Å²) in [6.45, 7) is 4.59. The normalized spacial score (nSPS) is 14.4. The number of H-pyrrole nitrogens is 1. The molecule has 0 unspecified atom stereocenters. The number of aromatic amines is 1. The largest absolute Gasteiger partial charge is 0.373 e. The number of hydrogen-bond donors (Lipinski definition) is 3. The number of nitrogens with zero attached hydrogens (tertiary/aromatic N) is 4. The molecule has 5 rings (SSSR count). The van der Waals surface area contributed by atoms with E-state index in [0.717, 1.165) is 58.9 Å². The third-order valence-electron chi connectivity index (χ3n) is 6.24. The molecule has 3 aromatic heterocycles. The van der Waals surface area contributed by atoms with Gasteiger partial charge in [-0.05, 0) is 38.3 Å². The zero-order chi connectivity index (χ0) is 22.9. The number of aryl methyl sites for hydroxylation is 2. The molecule has 1 aliphatic carbocycles. The first-order valence-corrected chi connectivity index (χ1v) is 11.5. The van der Waals surface area contributed by atoms with Gasteiger partial charge in [0.25, 0.3) is 5.91 Å². The number of fused-ring (bicyclic) bond motifs is 1. The lowest BCUT2D eigenvalue weighted by molar-refractivity contribution is 0.0935. The molecule has 0 spiro atoms. The number of hydrogen-bond acceptors (Lipinski definition) is 5. The van der Waals surface area contributed by atoms with Gasteiger partial charge in [0.05, 0.1) is 23.0 Å². The second-order valence-electron chi connectivity index (χ2n) is 8.63. The molecule has 170 valence electrons. The molecule has 3 heterocycles. The third-order valence-corrected chi connectivity index (χ3v) is 6.24.